The quantitative estimate of drug-likeness (QED) is 0.863. The van der Waals surface area contributed by atoms with Crippen LogP contribution in [-0.2, 0) is 16.1 Å². The van der Waals surface area contributed by atoms with Gasteiger partial charge >= 0.3 is 0 Å². The van der Waals surface area contributed by atoms with E-state index in [1.165, 1.54) is 0 Å². The Labute approximate surface area is 125 Å². The van der Waals surface area contributed by atoms with Gasteiger partial charge < -0.3 is 16.0 Å². The molecule has 1 aromatic rings. The zero-order valence-corrected chi connectivity index (χ0v) is 12.5. The molecule has 0 radical (unpaired) electrons. The van der Waals surface area contributed by atoms with Crippen LogP contribution in [0.4, 0.5) is 5.69 Å². The van der Waals surface area contributed by atoms with Gasteiger partial charge in [-0.15, -0.1) is 0 Å². The van der Waals surface area contributed by atoms with Crippen molar-refractivity contribution in [2.24, 2.45) is 5.73 Å². The number of rotatable bonds is 5. The van der Waals surface area contributed by atoms with E-state index >= 15 is 0 Å². The summed E-state index contributed by atoms with van der Waals surface area (Å²) in [5, 5.41) is 2.84. The van der Waals surface area contributed by atoms with E-state index in [0.717, 1.165) is 30.6 Å². The molecule has 114 valence electrons. The van der Waals surface area contributed by atoms with Gasteiger partial charge in [0.1, 0.15) is 0 Å². The number of nitrogens with two attached hydrogens (primary N) is 1. The molecular formula is C16H23N3O2. The van der Waals surface area contributed by atoms with E-state index in [4.69, 9.17) is 5.73 Å². The molecular weight excluding hydrogens is 266 g/mol. The van der Waals surface area contributed by atoms with Crippen LogP contribution in [0.5, 0.6) is 0 Å². The summed E-state index contributed by atoms with van der Waals surface area (Å²) in [5.41, 5.74) is 7.53. The van der Waals surface area contributed by atoms with Crippen molar-refractivity contribution in [3.8, 4) is 0 Å². The molecule has 0 bridgehead atoms. The summed E-state index contributed by atoms with van der Waals surface area (Å²) >= 11 is 0. The Kier molecular flexibility index (Phi) is 5.33. The van der Waals surface area contributed by atoms with Crippen LogP contribution in [0.15, 0.2) is 24.3 Å². The summed E-state index contributed by atoms with van der Waals surface area (Å²) in [6, 6.07) is 7.65. The minimum atomic E-state index is -0.127. The lowest BCUT2D eigenvalue weighted by atomic mass is 10.1. The van der Waals surface area contributed by atoms with Crippen LogP contribution in [0.1, 0.15) is 38.2 Å². The Bertz CT molecular complexity index is 497. The number of hydrogen-bond donors (Lipinski definition) is 2. The van der Waals surface area contributed by atoms with Crippen molar-refractivity contribution in [2.45, 2.75) is 45.2 Å². The molecule has 2 rings (SSSR count). The van der Waals surface area contributed by atoms with Crippen molar-refractivity contribution in [2.75, 3.05) is 11.4 Å². The summed E-state index contributed by atoms with van der Waals surface area (Å²) in [7, 11) is 0. The molecule has 1 unspecified atom stereocenters. The number of benzene rings is 1. The molecule has 1 aliphatic rings. The smallest absolute Gasteiger partial charge is 0.226 e. The molecule has 0 saturated carbocycles. The van der Waals surface area contributed by atoms with Crippen molar-refractivity contribution in [1.82, 2.24) is 5.32 Å². The number of amides is 2. The van der Waals surface area contributed by atoms with Gasteiger partial charge in [-0.05, 0) is 37.5 Å². The molecule has 0 aromatic heterocycles. The standard InChI is InChI=1S/C16H23N3O2/c1-12(17)10-15(20)18-11-13-5-7-14(8-6-13)19-9-3-2-4-16(19)21/h5-8,12H,2-4,9-11,17H2,1H3,(H,18,20). The Morgan fingerprint density at radius 3 is 2.67 bits per heavy atom. The van der Waals surface area contributed by atoms with Gasteiger partial charge in [-0.1, -0.05) is 12.1 Å². The molecule has 1 saturated heterocycles. The van der Waals surface area contributed by atoms with Gasteiger partial charge in [0, 0.05) is 37.7 Å². The van der Waals surface area contributed by atoms with Crippen LogP contribution in [0.25, 0.3) is 0 Å². The first-order valence-electron chi connectivity index (χ1n) is 7.48. The van der Waals surface area contributed by atoms with Crippen molar-refractivity contribution >= 4 is 17.5 Å². The van der Waals surface area contributed by atoms with E-state index in [0.29, 0.717) is 19.4 Å². The number of anilines is 1. The summed E-state index contributed by atoms with van der Waals surface area (Å²) in [6.07, 6.45) is 3.01. The summed E-state index contributed by atoms with van der Waals surface area (Å²) in [6.45, 7) is 3.09. The molecule has 21 heavy (non-hydrogen) atoms. The van der Waals surface area contributed by atoms with Gasteiger partial charge in [-0.3, -0.25) is 9.59 Å². The molecule has 5 nitrogen and oxygen atoms in total. The van der Waals surface area contributed by atoms with Gasteiger partial charge in [0.25, 0.3) is 0 Å². The number of carbonyl (C=O) groups excluding carboxylic acids is 2. The number of hydrogen-bond acceptors (Lipinski definition) is 3. The van der Waals surface area contributed by atoms with Crippen molar-refractivity contribution in [1.29, 1.82) is 0 Å². The Morgan fingerprint density at radius 1 is 1.33 bits per heavy atom. The van der Waals surface area contributed by atoms with Crippen LogP contribution in [-0.4, -0.2) is 24.4 Å². The first-order valence-corrected chi connectivity index (χ1v) is 7.48. The third kappa shape index (κ3) is 4.56. The van der Waals surface area contributed by atoms with Gasteiger partial charge in [-0.25, -0.2) is 0 Å². The number of piperidine rings is 1. The van der Waals surface area contributed by atoms with E-state index in [1.807, 2.05) is 36.1 Å². The summed E-state index contributed by atoms with van der Waals surface area (Å²) < 4.78 is 0. The highest BCUT2D eigenvalue weighted by atomic mass is 16.2. The molecule has 2 amide bonds. The molecule has 1 heterocycles. The molecule has 1 fully saturated rings. The summed E-state index contributed by atoms with van der Waals surface area (Å²) in [4.78, 5) is 25.2. The van der Waals surface area contributed by atoms with E-state index in [1.54, 1.807) is 0 Å². The number of carbonyl (C=O) groups is 2. The lowest BCUT2D eigenvalue weighted by Crippen LogP contribution is -2.35. The van der Waals surface area contributed by atoms with Crippen LogP contribution in [0.2, 0.25) is 0 Å². The second-order valence-corrected chi connectivity index (χ2v) is 5.63. The Morgan fingerprint density at radius 2 is 2.05 bits per heavy atom. The van der Waals surface area contributed by atoms with E-state index < -0.39 is 0 Å². The fourth-order valence-electron chi connectivity index (χ4n) is 2.44. The zero-order valence-electron chi connectivity index (χ0n) is 12.5. The van der Waals surface area contributed by atoms with Crippen LogP contribution in [0, 0.1) is 0 Å². The predicted molar refractivity (Wildman–Crippen MR) is 82.8 cm³/mol. The van der Waals surface area contributed by atoms with Crippen LogP contribution in [0.3, 0.4) is 0 Å². The van der Waals surface area contributed by atoms with Gasteiger partial charge in [0.15, 0.2) is 0 Å². The third-order valence-corrected chi connectivity index (χ3v) is 3.57. The van der Waals surface area contributed by atoms with E-state index in [2.05, 4.69) is 5.32 Å². The van der Waals surface area contributed by atoms with Crippen LogP contribution < -0.4 is 16.0 Å². The predicted octanol–water partition coefficient (Wildman–Crippen LogP) is 1.56. The molecule has 1 atom stereocenters. The van der Waals surface area contributed by atoms with Gasteiger partial charge in [0.2, 0.25) is 11.8 Å². The minimum Gasteiger partial charge on any atom is -0.352 e. The molecule has 1 aromatic carbocycles. The van der Waals surface area contributed by atoms with Gasteiger partial charge in [0.05, 0.1) is 0 Å². The van der Waals surface area contributed by atoms with Crippen LogP contribution >= 0.6 is 0 Å². The topological polar surface area (TPSA) is 75.4 Å². The van der Waals surface area contributed by atoms with Crippen molar-refractivity contribution in [3.05, 3.63) is 29.8 Å². The fraction of sp³-hybridized carbons (Fsp3) is 0.500. The monoisotopic (exact) mass is 289 g/mol. The SMILES string of the molecule is CC(N)CC(=O)NCc1ccc(N2CCCCC2=O)cc1. The molecule has 1 aliphatic heterocycles. The maximum atomic E-state index is 11.9. The zero-order chi connectivity index (χ0) is 15.2. The third-order valence-electron chi connectivity index (χ3n) is 3.57. The number of nitrogens with one attached hydrogen (secondary N) is 1. The maximum Gasteiger partial charge on any atom is 0.226 e. The lowest BCUT2D eigenvalue weighted by Gasteiger charge is -2.26. The average molecular weight is 289 g/mol. The Balaban J connectivity index is 1.90. The number of nitrogens with zero attached hydrogens (tertiary/aromatic N) is 1. The first-order chi connectivity index (χ1) is 10.1. The normalized spacial score (nSPS) is 16.7. The molecule has 0 spiro atoms. The average Bonchev–Trinajstić information content (AvgIpc) is 2.46. The second kappa shape index (κ2) is 7.22. The molecule has 5 heteroatoms. The van der Waals surface area contributed by atoms with Crippen molar-refractivity contribution in [3.63, 3.8) is 0 Å². The first kappa shape index (κ1) is 15.5. The van der Waals surface area contributed by atoms with E-state index in [-0.39, 0.29) is 17.9 Å². The van der Waals surface area contributed by atoms with E-state index in [9.17, 15) is 9.59 Å². The van der Waals surface area contributed by atoms with Crippen molar-refractivity contribution < 1.29 is 9.59 Å². The highest BCUT2D eigenvalue weighted by molar-refractivity contribution is 5.93. The lowest BCUT2D eigenvalue weighted by molar-refractivity contribution is -0.121. The molecule has 3 N–H and O–H groups in total. The summed E-state index contributed by atoms with van der Waals surface area (Å²) in [5.74, 6) is 0.152. The second-order valence-electron chi connectivity index (χ2n) is 5.63. The maximum absolute atomic E-state index is 11.9. The Hall–Kier alpha value is -1.88. The molecule has 0 aliphatic carbocycles. The minimum absolute atomic E-state index is 0.0414. The fourth-order valence-corrected chi connectivity index (χ4v) is 2.44. The highest BCUT2D eigenvalue weighted by Gasteiger charge is 2.19. The highest BCUT2D eigenvalue weighted by Crippen LogP contribution is 2.21. The largest absolute Gasteiger partial charge is 0.352 e. The van der Waals surface area contributed by atoms with Gasteiger partial charge in [-0.2, -0.15) is 0 Å².